The van der Waals surface area contributed by atoms with Gasteiger partial charge in [-0.3, -0.25) is 0 Å². The van der Waals surface area contributed by atoms with E-state index in [1.165, 1.54) is 21.9 Å². The van der Waals surface area contributed by atoms with E-state index in [2.05, 4.69) is 0 Å². The summed E-state index contributed by atoms with van der Waals surface area (Å²) in [5.41, 5.74) is 0. The first kappa shape index (κ1) is 15.9. The minimum Gasteiger partial charge on any atom is -0.229 e. The Kier molecular flexibility index (Phi) is 4.58. The Hall–Kier alpha value is -0.440. The molecule has 0 saturated carbocycles. The second kappa shape index (κ2) is 5.75. The zero-order chi connectivity index (χ0) is 15.0. The number of thiophene rings is 1. The van der Waals surface area contributed by atoms with Crippen LogP contribution in [-0.4, -0.2) is 45.7 Å². The summed E-state index contributed by atoms with van der Waals surface area (Å²) >= 11 is 1.29. The van der Waals surface area contributed by atoms with Crippen molar-refractivity contribution in [2.75, 3.05) is 19.3 Å². The van der Waals surface area contributed by atoms with Gasteiger partial charge in [0.25, 0.3) is 10.0 Å². The summed E-state index contributed by atoms with van der Waals surface area (Å²) in [5.74, 6) is 0. The maximum absolute atomic E-state index is 12.5. The van der Waals surface area contributed by atoms with E-state index in [1.54, 1.807) is 6.07 Å². The normalized spacial score (nSPS) is 19.3. The van der Waals surface area contributed by atoms with Gasteiger partial charge in [-0.2, -0.15) is 4.31 Å². The molecular formula is C12H19NO4S3. The molecule has 1 saturated heterocycles. The van der Waals surface area contributed by atoms with Crippen molar-refractivity contribution in [3.63, 3.8) is 0 Å². The zero-order valence-electron chi connectivity index (χ0n) is 11.6. The van der Waals surface area contributed by atoms with Crippen LogP contribution >= 0.6 is 11.3 Å². The fraction of sp³-hybridized carbons (Fsp3) is 0.667. The Labute approximate surface area is 124 Å². The number of hydrogen-bond acceptors (Lipinski definition) is 5. The minimum atomic E-state index is -3.46. The van der Waals surface area contributed by atoms with Gasteiger partial charge in [-0.15, -0.1) is 11.3 Å². The summed E-state index contributed by atoms with van der Waals surface area (Å²) in [6.45, 7) is 2.54. The SMILES string of the molecule is CCc1ccc(S(=O)(=O)N2CCC(S(C)(=O)=O)CC2)s1. The molecule has 0 spiro atoms. The van der Waals surface area contributed by atoms with Gasteiger partial charge in [0.15, 0.2) is 0 Å². The molecule has 1 aromatic rings. The van der Waals surface area contributed by atoms with Gasteiger partial charge in [0.1, 0.15) is 14.0 Å². The van der Waals surface area contributed by atoms with Gasteiger partial charge >= 0.3 is 0 Å². The highest BCUT2D eigenvalue weighted by Crippen LogP contribution is 2.28. The maximum atomic E-state index is 12.5. The van der Waals surface area contributed by atoms with Crippen molar-refractivity contribution in [1.29, 1.82) is 0 Å². The van der Waals surface area contributed by atoms with Crippen molar-refractivity contribution in [2.24, 2.45) is 0 Å². The maximum Gasteiger partial charge on any atom is 0.252 e. The van der Waals surface area contributed by atoms with Crippen LogP contribution in [0.25, 0.3) is 0 Å². The molecule has 8 heteroatoms. The number of sulfonamides is 1. The molecule has 0 aromatic carbocycles. The number of nitrogens with zero attached hydrogens (tertiary/aromatic N) is 1. The van der Waals surface area contributed by atoms with Crippen molar-refractivity contribution in [3.05, 3.63) is 17.0 Å². The molecule has 0 aliphatic carbocycles. The standard InChI is InChI=1S/C12H19NO4S3/c1-3-10-4-5-12(18-10)20(16,17)13-8-6-11(7-9-13)19(2,14)15/h4-5,11H,3,6-9H2,1-2H3. The molecule has 1 aliphatic rings. The van der Waals surface area contributed by atoms with Gasteiger partial charge in [-0.1, -0.05) is 6.92 Å². The highest BCUT2D eigenvalue weighted by molar-refractivity contribution is 7.91. The van der Waals surface area contributed by atoms with Gasteiger partial charge in [0.2, 0.25) is 0 Å². The molecule has 1 fully saturated rings. The third-order valence-corrected chi connectivity index (χ3v) is 8.86. The van der Waals surface area contributed by atoms with Crippen molar-refractivity contribution in [3.8, 4) is 0 Å². The third kappa shape index (κ3) is 3.24. The van der Waals surface area contributed by atoms with Crippen molar-refractivity contribution in [1.82, 2.24) is 4.31 Å². The Morgan fingerprint density at radius 2 is 1.80 bits per heavy atom. The molecule has 20 heavy (non-hydrogen) atoms. The lowest BCUT2D eigenvalue weighted by molar-refractivity contribution is 0.347. The molecule has 0 unspecified atom stereocenters. The highest BCUT2D eigenvalue weighted by Gasteiger charge is 2.33. The van der Waals surface area contributed by atoms with E-state index in [0.29, 0.717) is 17.1 Å². The predicted molar refractivity (Wildman–Crippen MR) is 80.3 cm³/mol. The number of aryl methyl sites for hydroxylation is 1. The molecule has 0 amide bonds. The van der Waals surface area contributed by atoms with Crippen LogP contribution in [0.4, 0.5) is 0 Å². The monoisotopic (exact) mass is 337 g/mol. The Morgan fingerprint density at radius 3 is 2.25 bits per heavy atom. The average molecular weight is 337 g/mol. The molecule has 0 N–H and O–H groups in total. The first-order valence-electron chi connectivity index (χ1n) is 6.53. The van der Waals surface area contributed by atoms with Crippen LogP contribution in [0.2, 0.25) is 0 Å². The van der Waals surface area contributed by atoms with E-state index in [9.17, 15) is 16.8 Å². The largest absolute Gasteiger partial charge is 0.252 e. The van der Waals surface area contributed by atoms with Crippen LogP contribution in [-0.2, 0) is 26.3 Å². The number of piperidine rings is 1. The Balaban J connectivity index is 2.13. The molecular weight excluding hydrogens is 318 g/mol. The van der Waals surface area contributed by atoms with E-state index < -0.39 is 25.1 Å². The predicted octanol–water partition coefficient (Wildman–Crippen LogP) is 1.51. The first-order chi connectivity index (χ1) is 9.25. The quantitative estimate of drug-likeness (QED) is 0.835. The first-order valence-corrected chi connectivity index (χ1v) is 10.7. The Morgan fingerprint density at radius 1 is 1.20 bits per heavy atom. The van der Waals surface area contributed by atoms with Gasteiger partial charge in [0, 0.05) is 24.2 Å². The second-order valence-electron chi connectivity index (χ2n) is 5.01. The molecule has 0 bridgehead atoms. The number of hydrogen-bond donors (Lipinski definition) is 0. The minimum absolute atomic E-state index is 0.277. The molecule has 2 heterocycles. The fourth-order valence-electron chi connectivity index (χ4n) is 2.31. The molecule has 0 atom stereocenters. The summed E-state index contributed by atoms with van der Waals surface area (Å²) in [6.07, 6.45) is 2.79. The topological polar surface area (TPSA) is 71.5 Å². The highest BCUT2D eigenvalue weighted by atomic mass is 32.2. The lowest BCUT2D eigenvalue weighted by Crippen LogP contribution is -2.41. The van der Waals surface area contributed by atoms with E-state index in [4.69, 9.17) is 0 Å². The van der Waals surface area contributed by atoms with Crippen LogP contribution in [0.5, 0.6) is 0 Å². The third-order valence-electron chi connectivity index (χ3n) is 3.59. The Bertz CT molecular complexity index is 667. The summed E-state index contributed by atoms with van der Waals surface area (Å²) in [4.78, 5) is 1.04. The smallest absolute Gasteiger partial charge is 0.229 e. The van der Waals surface area contributed by atoms with E-state index in [-0.39, 0.29) is 13.1 Å². The lowest BCUT2D eigenvalue weighted by Gasteiger charge is -2.29. The molecule has 1 aliphatic heterocycles. The van der Waals surface area contributed by atoms with Gasteiger partial charge in [-0.25, -0.2) is 16.8 Å². The van der Waals surface area contributed by atoms with Crippen LogP contribution in [0, 0.1) is 0 Å². The summed E-state index contributed by atoms with van der Waals surface area (Å²) < 4.78 is 49.7. The van der Waals surface area contributed by atoms with Crippen LogP contribution < -0.4 is 0 Å². The number of sulfone groups is 1. The molecule has 114 valence electrons. The molecule has 1 aromatic heterocycles. The van der Waals surface area contributed by atoms with Gasteiger partial charge in [0.05, 0.1) is 5.25 Å². The van der Waals surface area contributed by atoms with Crippen LogP contribution in [0.15, 0.2) is 16.3 Å². The molecule has 2 rings (SSSR count). The fourth-order valence-corrected chi connectivity index (χ4v) is 6.30. The summed E-state index contributed by atoms with van der Waals surface area (Å²) in [7, 11) is -6.54. The zero-order valence-corrected chi connectivity index (χ0v) is 14.0. The molecule has 5 nitrogen and oxygen atoms in total. The van der Waals surface area contributed by atoms with Gasteiger partial charge < -0.3 is 0 Å². The summed E-state index contributed by atoms with van der Waals surface area (Å²) in [5, 5.41) is -0.413. The van der Waals surface area contributed by atoms with E-state index in [1.807, 2.05) is 13.0 Å². The average Bonchev–Trinajstić information content (AvgIpc) is 2.87. The van der Waals surface area contributed by atoms with E-state index >= 15 is 0 Å². The van der Waals surface area contributed by atoms with Crippen molar-refractivity contribution >= 4 is 31.2 Å². The van der Waals surface area contributed by atoms with Crippen molar-refractivity contribution < 1.29 is 16.8 Å². The lowest BCUT2D eigenvalue weighted by atomic mass is 10.2. The number of rotatable bonds is 4. The second-order valence-corrected chi connectivity index (χ2v) is 10.7. The van der Waals surface area contributed by atoms with Crippen LogP contribution in [0.1, 0.15) is 24.6 Å². The van der Waals surface area contributed by atoms with E-state index in [0.717, 1.165) is 11.3 Å². The van der Waals surface area contributed by atoms with Crippen LogP contribution in [0.3, 0.4) is 0 Å². The molecule has 0 radical (unpaired) electrons. The van der Waals surface area contributed by atoms with Crippen molar-refractivity contribution in [2.45, 2.75) is 35.6 Å². The summed E-state index contributed by atoms with van der Waals surface area (Å²) in [6, 6.07) is 3.47. The van der Waals surface area contributed by atoms with Gasteiger partial charge in [-0.05, 0) is 31.4 Å².